The SMILES string of the molecule is CC1CN(C2CC3CCCC(C2)N3C)CCC1=O. The van der Waals surface area contributed by atoms with E-state index in [1.165, 1.54) is 32.1 Å². The first-order chi connectivity index (χ1) is 8.65. The normalized spacial score (nSPS) is 43.1. The number of likely N-dealkylation sites (tertiary alicyclic amines) is 1. The van der Waals surface area contributed by atoms with Crippen molar-refractivity contribution in [2.75, 3.05) is 20.1 Å². The molecule has 0 saturated carbocycles. The molecule has 3 aliphatic rings. The monoisotopic (exact) mass is 250 g/mol. The van der Waals surface area contributed by atoms with Crippen LogP contribution in [0.2, 0.25) is 0 Å². The van der Waals surface area contributed by atoms with Gasteiger partial charge in [0, 0.05) is 43.6 Å². The van der Waals surface area contributed by atoms with Gasteiger partial charge in [-0.1, -0.05) is 13.3 Å². The van der Waals surface area contributed by atoms with Gasteiger partial charge in [-0.25, -0.2) is 0 Å². The van der Waals surface area contributed by atoms with Crippen LogP contribution in [0.25, 0.3) is 0 Å². The summed E-state index contributed by atoms with van der Waals surface area (Å²) in [5, 5.41) is 0. The van der Waals surface area contributed by atoms with Crippen LogP contribution in [0.3, 0.4) is 0 Å². The lowest BCUT2D eigenvalue weighted by atomic mass is 9.81. The fourth-order valence-electron chi connectivity index (χ4n) is 4.26. The van der Waals surface area contributed by atoms with E-state index < -0.39 is 0 Å². The summed E-state index contributed by atoms with van der Waals surface area (Å²) in [6.07, 6.45) is 7.61. The van der Waals surface area contributed by atoms with Crippen LogP contribution in [-0.2, 0) is 4.79 Å². The Bertz CT molecular complexity index is 316. The third kappa shape index (κ3) is 2.23. The molecular formula is C15H26N2O. The molecule has 3 atom stereocenters. The van der Waals surface area contributed by atoms with E-state index in [2.05, 4.69) is 23.8 Å². The maximum atomic E-state index is 11.6. The van der Waals surface area contributed by atoms with Crippen LogP contribution in [-0.4, -0.2) is 53.8 Å². The fraction of sp³-hybridized carbons (Fsp3) is 0.933. The highest BCUT2D eigenvalue weighted by Crippen LogP contribution is 2.35. The number of carbonyl (C=O) groups is 1. The molecule has 3 aliphatic heterocycles. The maximum absolute atomic E-state index is 11.6. The van der Waals surface area contributed by atoms with Gasteiger partial charge in [0.05, 0.1) is 0 Å². The summed E-state index contributed by atoms with van der Waals surface area (Å²) in [6, 6.07) is 2.35. The summed E-state index contributed by atoms with van der Waals surface area (Å²) in [5.74, 6) is 0.734. The Labute approximate surface area is 111 Å². The predicted molar refractivity (Wildman–Crippen MR) is 72.6 cm³/mol. The summed E-state index contributed by atoms with van der Waals surface area (Å²) >= 11 is 0. The average Bonchev–Trinajstić information content (AvgIpc) is 2.32. The number of carbonyl (C=O) groups excluding carboxylic acids is 1. The van der Waals surface area contributed by atoms with Gasteiger partial charge in [0.1, 0.15) is 5.78 Å². The zero-order valence-corrected chi connectivity index (χ0v) is 11.8. The molecule has 0 aromatic carbocycles. The molecule has 18 heavy (non-hydrogen) atoms. The van der Waals surface area contributed by atoms with Gasteiger partial charge in [-0.15, -0.1) is 0 Å². The largest absolute Gasteiger partial charge is 0.300 e. The molecule has 0 amide bonds. The van der Waals surface area contributed by atoms with Crippen LogP contribution >= 0.6 is 0 Å². The first-order valence-corrected chi connectivity index (χ1v) is 7.64. The number of nitrogens with zero attached hydrogens (tertiary/aromatic N) is 2. The summed E-state index contributed by atoms with van der Waals surface area (Å²) in [4.78, 5) is 16.9. The van der Waals surface area contributed by atoms with Crippen LogP contribution in [0.1, 0.15) is 45.4 Å². The number of hydrogen-bond donors (Lipinski definition) is 0. The molecule has 0 aromatic rings. The first kappa shape index (κ1) is 12.6. The van der Waals surface area contributed by atoms with E-state index >= 15 is 0 Å². The summed E-state index contributed by atoms with van der Waals surface area (Å²) in [7, 11) is 2.31. The Hall–Kier alpha value is -0.410. The molecular weight excluding hydrogens is 224 g/mol. The van der Waals surface area contributed by atoms with E-state index in [4.69, 9.17) is 0 Å². The second-order valence-electron chi connectivity index (χ2n) is 6.64. The predicted octanol–water partition coefficient (Wildman–Crippen LogP) is 1.91. The van der Waals surface area contributed by atoms with Crippen LogP contribution in [0.15, 0.2) is 0 Å². The molecule has 2 bridgehead atoms. The summed E-state index contributed by atoms with van der Waals surface area (Å²) in [6.45, 7) is 4.12. The number of Topliss-reactive ketones (excluding diaryl/α,β-unsaturated/α-hetero) is 1. The third-order valence-electron chi connectivity index (χ3n) is 5.53. The van der Waals surface area contributed by atoms with Gasteiger partial charge in [0.15, 0.2) is 0 Å². The first-order valence-electron chi connectivity index (χ1n) is 7.64. The minimum atomic E-state index is 0.262. The molecule has 0 spiro atoms. The lowest BCUT2D eigenvalue weighted by Crippen LogP contribution is -2.57. The molecule has 3 unspecified atom stereocenters. The second-order valence-corrected chi connectivity index (χ2v) is 6.64. The van der Waals surface area contributed by atoms with Crippen molar-refractivity contribution in [2.24, 2.45) is 5.92 Å². The lowest BCUT2D eigenvalue weighted by Gasteiger charge is -2.50. The average molecular weight is 250 g/mol. The third-order valence-corrected chi connectivity index (χ3v) is 5.53. The van der Waals surface area contributed by atoms with E-state index in [1.54, 1.807) is 0 Å². The van der Waals surface area contributed by atoms with E-state index in [9.17, 15) is 4.79 Å². The Kier molecular flexibility index (Phi) is 3.46. The Balaban J connectivity index is 1.65. The van der Waals surface area contributed by atoms with Gasteiger partial charge < -0.3 is 4.90 Å². The van der Waals surface area contributed by atoms with Crippen LogP contribution in [0.4, 0.5) is 0 Å². The molecule has 3 heteroatoms. The van der Waals surface area contributed by atoms with E-state index in [-0.39, 0.29) is 5.92 Å². The van der Waals surface area contributed by atoms with Crippen molar-refractivity contribution in [3.05, 3.63) is 0 Å². The van der Waals surface area contributed by atoms with Crippen LogP contribution < -0.4 is 0 Å². The molecule has 3 fully saturated rings. The summed E-state index contributed by atoms with van der Waals surface area (Å²) in [5.41, 5.74) is 0. The van der Waals surface area contributed by atoms with Crippen molar-refractivity contribution in [2.45, 2.75) is 63.6 Å². The van der Waals surface area contributed by atoms with Gasteiger partial charge in [0.25, 0.3) is 0 Å². The minimum Gasteiger partial charge on any atom is -0.300 e. The smallest absolute Gasteiger partial charge is 0.138 e. The minimum absolute atomic E-state index is 0.262. The maximum Gasteiger partial charge on any atom is 0.138 e. The topological polar surface area (TPSA) is 23.6 Å². The molecule has 0 radical (unpaired) electrons. The second kappa shape index (κ2) is 4.93. The number of fused-ring (bicyclic) bond motifs is 2. The van der Waals surface area contributed by atoms with E-state index in [1.807, 2.05) is 0 Å². The molecule has 3 nitrogen and oxygen atoms in total. The Morgan fingerprint density at radius 1 is 1.11 bits per heavy atom. The molecule has 0 aliphatic carbocycles. The van der Waals surface area contributed by atoms with Crippen molar-refractivity contribution in [1.82, 2.24) is 9.80 Å². The zero-order chi connectivity index (χ0) is 12.7. The molecule has 102 valence electrons. The fourth-order valence-corrected chi connectivity index (χ4v) is 4.26. The van der Waals surface area contributed by atoms with Gasteiger partial charge >= 0.3 is 0 Å². The molecule has 3 heterocycles. The molecule has 0 N–H and O–H groups in total. The quantitative estimate of drug-likeness (QED) is 0.710. The summed E-state index contributed by atoms with van der Waals surface area (Å²) < 4.78 is 0. The Morgan fingerprint density at radius 3 is 2.39 bits per heavy atom. The number of rotatable bonds is 1. The van der Waals surface area contributed by atoms with Crippen molar-refractivity contribution >= 4 is 5.78 Å². The van der Waals surface area contributed by atoms with Crippen molar-refractivity contribution in [3.63, 3.8) is 0 Å². The standard InChI is InChI=1S/C15H26N2O/c1-11-10-17(7-6-15(11)18)14-8-12-4-3-5-13(9-14)16(12)2/h11-14H,3-10H2,1-2H3. The Morgan fingerprint density at radius 2 is 1.78 bits per heavy atom. The van der Waals surface area contributed by atoms with E-state index in [0.29, 0.717) is 5.78 Å². The molecule has 3 rings (SSSR count). The highest BCUT2D eigenvalue weighted by molar-refractivity contribution is 5.81. The van der Waals surface area contributed by atoms with Crippen LogP contribution in [0.5, 0.6) is 0 Å². The molecule has 0 aromatic heterocycles. The number of ketones is 1. The van der Waals surface area contributed by atoms with Gasteiger partial charge in [-0.2, -0.15) is 0 Å². The van der Waals surface area contributed by atoms with Crippen molar-refractivity contribution in [3.8, 4) is 0 Å². The van der Waals surface area contributed by atoms with E-state index in [0.717, 1.165) is 37.6 Å². The van der Waals surface area contributed by atoms with Crippen molar-refractivity contribution < 1.29 is 4.79 Å². The molecule has 3 saturated heterocycles. The van der Waals surface area contributed by atoms with Gasteiger partial charge in [-0.05, 0) is 32.7 Å². The van der Waals surface area contributed by atoms with Crippen LogP contribution in [0, 0.1) is 5.92 Å². The van der Waals surface area contributed by atoms with Gasteiger partial charge in [0.2, 0.25) is 0 Å². The van der Waals surface area contributed by atoms with Crippen molar-refractivity contribution in [1.29, 1.82) is 0 Å². The zero-order valence-electron chi connectivity index (χ0n) is 11.8. The number of piperidine rings is 3. The lowest BCUT2D eigenvalue weighted by molar-refractivity contribution is -0.127. The highest BCUT2D eigenvalue weighted by Gasteiger charge is 2.39. The van der Waals surface area contributed by atoms with Gasteiger partial charge in [-0.3, -0.25) is 9.69 Å². The highest BCUT2D eigenvalue weighted by atomic mass is 16.1. The number of hydrogen-bond acceptors (Lipinski definition) is 3.